The van der Waals surface area contributed by atoms with E-state index in [9.17, 15) is 0 Å². The van der Waals surface area contributed by atoms with Crippen molar-refractivity contribution in [3.63, 3.8) is 0 Å². The molecule has 0 fully saturated rings. The van der Waals surface area contributed by atoms with E-state index < -0.39 is 0 Å². The van der Waals surface area contributed by atoms with Crippen molar-refractivity contribution in [2.24, 2.45) is 4.99 Å². The SMILES string of the molecule is COc1ccc(OC)c(CCN=C(N(C)C)N(C)C)c1. The van der Waals surface area contributed by atoms with Crippen molar-refractivity contribution in [3.05, 3.63) is 23.8 Å². The molecule has 0 aliphatic carbocycles. The Morgan fingerprint density at radius 3 is 2.20 bits per heavy atom. The molecule has 0 atom stereocenters. The maximum Gasteiger partial charge on any atom is 0.195 e. The van der Waals surface area contributed by atoms with E-state index in [1.165, 1.54) is 0 Å². The van der Waals surface area contributed by atoms with Gasteiger partial charge in [0, 0.05) is 34.7 Å². The average molecular weight is 279 g/mol. The molecule has 1 aromatic rings. The molecule has 0 radical (unpaired) electrons. The van der Waals surface area contributed by atoms with Gasteiger partial charge in [0.15, 0.2) is 5.96 Å². The third kappa shape index (κ3) is 4.33. The van der Waals surface area contributed by atoms with Crippen LogP contribution in [0.5, 0.6) is 11.5 Å². The zero-order valence-electron chi connectivity index (χ0n) is 13.3. The largest absolute Gasteiger partial charge is 0.497 e. The average Bonchev–Trinajstić information content (AvgIpc) is 2.42. The van der Waals surface area contributed by atoms with Gasteiger partial charge in [-0.1, -0.05) is 0 Å². The van der Waals surface area contributed by atoms with Crippen LogP contribution in [0.2, 0.25) is 0 Å². The topological polar surface area (TPSA) is 37.3 Å². The summed E-state index contributed by atoms with van der Waals surface area (Å²) in [5.41, 5.74) is 1.10. The van der Waals surface area contributed by atoms with Crippen LogP contribution in [0.25, 0.3) is 0 Å². The van der Waals surface area contributed by atoms with Crippen LogP contribution >= 0.6 is 0 Å². The predicted molar refractivity (Wildman–Crippen MR) is 82.9 cm³/mol. The zero-order valence-corrected chi connectivity index (χ0v) is 13.3. The van der Waals surface area contributed by atoms with E-state index in [0.29, 0.717) is 6.54 Å². The first kappa shape index (κ1) is 16.1. The molecule has 5 nitrogen and oxygen atoms in total. The normalized spacial score (nSPS) is 9.90. The summed E-state index contributed by atoms with van der Waals surface area (Å²) in [6, 6.07) is 5.83. The van der Waals surface area contributed by atoms with Gasteiger partial charge in [-0.05, 0) is 30.2 Å². The van der Waals surface area contributed by atoms with Crippen molar-refractivity contribution < 1.29 is 9.47 Å². The highest BCUT2D eigenvalue weighted by molar-refractivity contribution is 5.79. The van der Waals surface area contributed by atoms with Gasteiger partial charge in [0.05, 0.1) is 14.2 Å². The second-order valence-corrected chi connectivity index (χ2v) is 4.90. The molecule has 0 aliphatic heterocycles. The minimum Gasteiger partial charge on any atom is -0.497 e. The number of guanidine groups is 1. The molecular weight excluding hydrogens is 254 g/mol. The van der Waals surface area contributed by atoms with Crippen LogP contribution in [0.1, 0.15) is 5.56 Å². The van der Waals surface area contributed by atoms with E-state index >= 15 is 0 Å². The van der Waals surface area contributed by atoms with E-state index in [1.807, 2.05) is 56.2 Å². The molecular formula is C15H25N3O2. The highest BCUT2D eigenvalue weighted by Gasteiger charge is 2.07. The number of benzene rings is 1. The standard InChI is InChI=1S/C15H25N3O2/c1-17(2)15(18(3)4)16-10-9-12-11-13(19-5)7-8-14(12)20-6/h7-8,11H,9-10H2,1-6H3. The molecule has 0 saturated carbocycles. The number of ether oxygens (including phenoxy) is 2. The molecule has 0 amide bonds. The van der Waals surface area contributed by atoms with Crippen molar-refractivity contribution in [3.8, 4) is 11.5 Å². The van der Waals surface area contributed by atoms with Gasteiger partial charge in [-0.25, -0.2) is 0 Å². The minimum absolute atomic E-state index is 0.704. The fourth-order valence-electron chi connectivity index (χ4n) is 2.04. The Labute approximate surface area is 121 Å². The summed E-state index contributed by atoms with van der Waals surface area (Å²) in [7, 11) is 11.3. The van der Waals surface area contributed by atoms with E-state index in [1.54, 1.807) is 14.2 Å². The minimum atomic E-state index is 0.704. The van der Waals surface area contributed by atoms with Crippen LogP contribution in [0, 0.1) is 0 Å². The smallest absolute Gasteiger partial charge is 0.195 e. The van der Waals surface area contributed by atoms with Crippen molar-refractivity contribution in [2.45, 2.75) is 6.42 Å². The molecule has 0 unspecified atom stereocenters. The Kier molecular flexibility index (Phi) is 6.15. The first-order valence-corrected chi connectivity index (χ1v) is 6.59. The Morgan fingerprint density at radius 1 is 1.05 bits per heavy atom. The molecule has 1 aromatic carbocycles. The fraction of sp³-hybridized carbons (Fsp3) is 0.533. The van der Waals surface area contributed by atoms with Crippen molar-refractivity contribution in [1.29, 1.82) is 0 Å². The summed E-state index contributed by atoms with van der Waals surface area (Å²) >= 11 is 0. The second-order valence-electron chi connectivity index (χ2n) is 4.90. The van der Waals surface area contributed by atoms with Gasteiger partial charge < -0.3 is 19.3 Å². The molecule has 0 N–H and O–H groups in total. The lowest BCUT2D eigenvalue weighted by Gasteiger charge is -2.22. The van der Waals surface area contributed by atoms with E-state index in [4.69, 9.17) is 9.47 Å². The Balaban J connectivity index is 2.80. The maximum atomic E-state index is 5.37. The van der Waals surface area contributed by atoms with Crippen molar-refractivity contribution >= 4 is 5.96 Å². The monoisotopic (exact) mass is 279 g/mol. The third-order valence-corrected chi connectivity index (χ3v) is 2.92. The lowest BCUT2D eigenvalue weighted by molar-refractivity contribution is 0.398. The number of aliphatic imine (C=N–C) groups is 1. The van der Waals surface area contributed by atoms with Gasteiger partial charge in [0.1, 0.15) is 11.5 Å². The second kappa shape index (κ2) is 7.62. The fourth-order valence-corrected chi connectivity index (χ4v) is 2.04. The Morgan fingerprint density at radius 2 is 1.70 bits per heavy atom. The van der Waals surface area contributed by atoms with Gasteiger partial charge >= 0.3 is 0 Å². The summed E-state index contributed by atoms with van der Waals surface area (Å²) < 4.78 is 10.6. The van der Waals surface area contributed by atoms with Gasteiger partial charge in [0.2, 0.25) is 0 Å². The molecule has 5 heteroatoms. The molecule has 1 rings (SSSR count). The highest BCUT2D eigenvalue weighted by atomic mass is 16.5. The van der Waals surface area contributed by atoms with Crippen LogP contribution in [0.4, 0.5) is 0 Å². The van der Waals surface area contributed by atoms with E-state index in [-0.39, 0.29) is 0 Å². The lowest BCUT2D eigenvalue weighted by atomic mass is 10.1. The molecule has 0 spiro atoms. The predicted octanol–water partition coefficient (Wildman–Crippen LogP) is 1.73. The van der Waals surface area contributed by atoms with E-state index in [2.05, 4.69) is 4.99 Å². The van der Waals surface area contributed by atoms with E-state index in [0.717, 1.165) is 29.4 Å². The number of rotatable bonds is 5. The van der Waals surface area contributed by atoms with Crippen LogP contribution in [-0.4, -0.2) is 64.7 Å². The molecule has 0 bridgehead atoms. The van der Waals surface area contributed by atoms with Crippen molar-refractivity contribution in [1.82, 2.24) is 9.80 Å². The number of hydrogen-bond acceptors (Lipinski definition) is 3. The molecule has 20 heavy (non-hydrogen) atoms. The van der Waals surface area contributed by atoms with Crippen molar-refractivity contribution in [2.75, 3.05) is 49.0 Å². The molecule has 0 aliphatic rings. The Hall–Kier alpha value is -1.91. The summed E-state index contributed by atoms with van der Waals surface area (Å²) in [6.07, 6.45) is 0.811. The van der Waals surface area contributed by atoms with Crippen LogP contribution in [0.3, 0.4) is 0 Å². The first-order chi connectivity index (χ1) is 9.49. The van der Waals surface area contributed by atoms with Crippen LogP contribution in [0.15, 0.2) is 23.2 Å². The number of nitrogens with zero attached hydrogens (tertiary/aromatic N) is 3. The quantitative estimate of drug-likeness (QED) is 0.607. The summed E-state index contributed by atoms with van der Waals surface area (Å²) in [5, 5.41) is 0. The van der Waals surface area contributed by atoms with Gasteiger partial charge in [-0.15, -0.1) is 0 Å². The van der Waals surface area contributed by atoms with Crippen LogP contribution < -0.4 is 9.47 Å². The molecule has 0 heterocycles. The summed E-state index contributed by atoms with van der Waals surface area (Å²) in [4.78, 5) is 8.63. The zero-order chi connectivity index (χ0) is 15.1. The molecule has 0 saturated heterocycles. The summed E-state index contributed by atoms with van der Waals surface area (Å²) in [5.74, 6) is 2.66. The van der Waals surface area contributed by atoms with Gasteiger partial charge in [-0.2, -0.15) is 0 Å². The van der Waals surface area contributed by atoms with Crippen LogP contribution in [-0.2, 0) is 6.42 Å². The Bertz CT molecular complexity index is 446. The van der Waals surface area contributed by atoms with Gasteiger partial charge in [0.25, 0.3) is 0 Å². The highest BCUT2D eigenvalue weighted by Crippen LogP contribution is 2.24. The first-order valence-electron chi connectivity index (χ1n) is 6.59. The number of methoxy groups -OCH3 is 2. The summed E-state index contributed by atoms with van der Waals surface area (Å²) in [6.45, 7) is 0.704. The van der Waals surface area contributed by atoms with Gasteiger partial charge in [-0.3, -0.25) is 4.99 Å². The molecule has 0 aromatic heterocycles. The third-order valence-electron chi connectivity index (χ3n) is 2.92. The lowest BCUT2D eigenvalue weighted by Crippen LogP contribution is -2.35. The molecule has 112 valence electrons. The maximum absolute atomic E-state index is 5.37. The number of hydrogen-bond donors (Lipinski definition) is 0.